The fourth-order valence-electron chi connectivity index (χ4n) is 1.53. The Morgan fingerprint density at radius 3 is 2.70 bits per heavy atom. The summed E-state index contributed by atoms with van der Waals surface area (Å²) >= 11 is 0. The van der Waals surface area contributed by atoms with E-state index in [1.807, 2.05) is 0 Å². The van der Waals surface area contributed by atoms with Crippen LogP contribution in [0.3, 0.4) is 0 Å². The highest BCUT2D eigenvalue weighted by molar-refractivity contribution is 5.93. The molecule has 0 unspecified atom stereocenters. The third-order valence-electron chi connectivity index (χ3n) is 2.53. The zero-order valence-corrected chi connectivity index (χ0v) is 10.3. The van der Waals surface area contributed by atoms with Crippen LogP contribution in [-0.4, -0.2) is 27.0 Å². The van der Waals surface area contributed by atoms with E-state index in [9.17, 15) is 14.4 Å². The lowest BCUT2D eigenvalue weighted by molar-refractivity contribution is 0.0690. The number of carboxylic acid groups (broad SMARTS) is 1. The molecule has 0 fully saturated rings. The Bertz CT molecular complexity index is 691. The molecule has 0 bridgehead atoms. The van der Waals surface area contributed by atoms with Crippen LogP contribution in [0.25, 0.3) is 0 Å². The third-order valence-corrected chi connectivity index (χ3v) is 2.53. The summed E-state index contributed by atoms with van der Waals surface area (Å²) < 4.78 is 0. The van der Waals surface area contributed by atoms with E-state index in [2.05, 4.69) is 15.3 Å². The molecule has 20 heavy (non-hydrogen) atoms. The summed E-state index contributed by atoms with van der Waals surface area (Å²) in [6.07, 6.45) is 2.77. The van der Waals surface area contributed by atoms with Gasteiger partial charge in [-0.2, -0.15) is 0 Å². The quantitative estimate of drug-likeness (QED) is 0.746. The topological polar surface area (TPSA) is 112 Å². The number of aromatic amines is 1. The van der Waals surface area contributed by atoms with Crippen molar-refractivity contribution in [3.8, 4) is 0 Å². The Hall–Kier alpha value is -2.96. The molecule has 0 aliphatic rings. The smallest absolute Gasteiger partial charge is 0.354 e. The molecule has 2 aromatic rings. The van der Waals surface area contributed by atoms with Gasteiger partial charge in [0.15, 0.2) is 0 Å². The number of nitrogens with zero attached hydrogens (tertiary/aromatic N) is 1. The van der Waals surface area contributed by atoms with Gasteiger partial charge in [0.2, 0.25) is 5.56 Å². The summed E-state index contributed by atoms with van der Waals surface area (Å²) in [7, 11) is 0. The van der Waals surface area contributed by atoms with Gasteiger partial charge in [-0.3, -0.25) is 9.59 Å². The van der Waals surface area contributed by atoms with E-state index in [1.165, 1.54) is 30.6 Å². The maximum atomic E-state index is 11.8. The van der Waals surface area contributed by atoms with Gasteiger partial charge in [0.05, 0.1) is 0 Å². The molecule has 3 N–H and O–H groups in total. The molecule has 0 aliphatic heterocycles. The highest BCUT2D eigenvalue weighted by Gasteiger charge is 2.07. The van der Waals surface area contributed by atoms with Crippen LogP contribution in [0.5, 0.6) is 0 Å². The van der Waals surface area contributed by atoms with Crippen molar-refractivity contribution in [3.63, 3.8) is 0 Å². The van der Waals surface area contributed by atoms with E-state index in [0.29, 0.717) is 5.56 Å². The van der Waals surface area contributed by atoms with Crippen molar-refractivity contribution in [1.29, 1.82) is 0 Å². The van der Waals surface area contributed by atoms with Gasteiger partial charge in [0.25, 0.3) is 5.91 Å². The molecule has 0 spiro atoms. The summed E-state index contributed by atoms with van der Waals surface area (Å²) in [6.45, 7) is 0.193. The van der Waals surface area contributed by atoms with Gasteiger partial charge in [-0.25, -0.2) is 9.78 Å². The van der Waals surface area contributed by atoms with Crippen molar-refractivity contribution >= 4 is 11.9 Å². The first-order valence-corrected chi connectivity index (χ1v) is 5.71. The Labute approximate surface area is 113 Å². The predicted octanol–water partition coefficient (Wildman–Crippen LogP) is 0.398. The number of carbonyl (C=O) groups is 2. The average molecular weight is 273 g/mol. The molecule has 7 nitrogen and oxygen atoms in total. The highest BCUT2D eigenvalue weighted by Crippen LogP contribution is 2.01. The van der Waals surface area contributed by atoms with Crippen molar-refractivity contribution in [2.24, 2.45) is 0 Å². The van der Waals surface area contributed by atoms with Crippen LogP contribution in [0.2, 0.25) is 0 Å². The van der Waals surface area contributed by atoms with E-state index >= 15 is 0 Å². The number of nitrogens with one attached hydrogen (secondary N) is 2. The van der Waals surface area contributed by atoms with E-state index in [4.69, 9.17) is 5.11 Å². The van der Waals surface area contributed by atoms with E-state index in [1.54, 1.807) is 6.07 Å². The average Bonchev–Trinajstić information content (AvgIpc) is 2.45. The molecule has 0 saturated heterocycles. The number of rotatable bonds is 4. The second-order valence-corrected chi connectivity index (χ2v) is 3.98. The molecule has 0 aliphatic carbocycles. The SMILES string of the molecule is O=C(NCc1ccc(C(=O)O)nc1)c1cc[nH]c(=O)c1. The number of hydrogen-bond acceptors (Lipinski definition) is 4. The van der Waals surface area contributed by atoms with E-state index in [0.717, 1.165) is 0 Å². The monoisotopic (exact) mass is 273 g/mol. The fraction of sp³-hybridized carbons (Fsp3) is 0.0769. The first kappa shape index (κ1) is 13.5. The van der Waals surface area contributed by atoms with Gasteiger partial charge < -0.3 is 15.4 Å². The maximum Gasteiger partial charge on any atom is 0.354 e. The summed E-state index contributed by atoms with van der Waals surface area (Å²) in [4.78, 5) is 39.6. The second kappa shape index (κ2) is 5.79. The standard InChI is InChI=1S/C13H11N3O4/c17-11-5-9(3-4-14-11)12(18)16-7-8-1-2-10(13(19)20)15-6-8/h1-6H,7H2,(H,14,17)(H,16,18)(H,19,20). The molecule has 2 rings (SSSR count). The van der Waals surface area contributed by atoms with Crippen molar-refractivity contribution in [3.05, 3.63) is 63.8 Å². The molecule has 2 aromatic heterocycles. The minimum Gasteiger partial charge on any atom is -0.477 e. The second-order valence-electron chi connectivity index (χ2n) is 3.98. The normalized spacial score (nSPS) is 10.0. The van der Waals surface area contributed by atoms with Crippen LogP contribution >= 0.6 is 0 Å². The van der Waals surface area contributed by atoms with Gasteiger partial charge in [-0.1, -0.05) is 6.07 Å². The molecular formula is C13H11N3O4. The zero-order chi connectivity index (χ0) is 14.5. The van der Waals surface area contributed by atoms with Crippen LogP contribution in [0, 0.1) is 0 Å². The summed E-state index contributed by atoms with van der Waals surface area (Å²) in [6, 6.07) is 5.61. The molecule has 102 valence electrons. The molecule has 7 heteroatoms. The lowest BCUT2D eigenvalue weighted by atomic mass is 10.2. The van der Waals surface area contributed by atoms with Crippen molar-refractivity contribution in [2.45, 2.75) is 6.54 Å². The first-order chi connectivity index (χ1) is 9.56. The number of aromatic nitrogens is 2. The minimum absolute atomic E-state index is 0.0605. The van der Waals surface area contributed by atoms with Crippen LogP contribution in [0.15, 0.2) is 41.5 Å². The molecule has 0 radical (unpaired) electrons. The summed E-state index contributed by atoms with van der Waals surface area (Å²) in [5.74, 6) is -1.50. The van der Waals surface area contributed by atoms with Crippen LogP contribution in [0.4, 0.5) is 0 Å². The fourth-order valence-corrected chi connectivity index (χ4v) is 1.53. The number of amides is 1. The van der Waals surface area contributed by atoms with Gasteiger partial charge >= 0.3 is 5.97 Å². The van der Waals surface area contributed by atoms with E-state index < -0.39 is 11.9 Å². The number of H-pyrrole nitrogens is 1. The van der Waals surface area contributed by atoms with E-state index in [-0.39, 0.29) is 23.4 Å². The van der Waals surface area contributed by atoms with Gasteiger partial charge in [0.1, 0.15) is 5.69 Å². The van der Waals surface area contributed by atoms with Gasteiger partial charge in [0, 0.05) is 30.6 Å². The van der Waals surface area contributed by atoms with Crippen molar-refractivity contribution in [2.75, 3.05) is 0 Å². The van der Waals surface area contributed by atoms with Crippen LogP contribution in [0.1, 0.15) is 26.4 Å². The molecule has 0 atom stereocenters. The van der Waals surface area contributed by atoms with Crippen LogP contribution < -0.4 is 10.9 Å². The third kappa shape index (κ3) is 3.29. The number of hydrogen-bond donors (Lipinski definition) is 3. The summed E-state index contributed by atoms with van der Waals surface area (Å²) in [5.41, 5.74) is 0.497. The Kier molecular flexibility index (Phi) is 3.90. The predicted molar refractivity (Wildman–Crippen MR) is 69.4 cm³/mol. The summed E-state index contributed by atoms with van der Waals surface area (Å²) in [5, 5.41) is 11.3. The molecule has 0 aromatic carbocycles. The van der Waals surface area contributed by atoms with Crippen molar-refractivity contribution < 1.29 is 14.7 Å². The number of carbonyl (C=O) groups excluding carboxylic acids is 1. The first-order valence-electron chi connectivity index (χ1n) is 5.71. The Morgan fingerprint density at radius 1 is 1.30 bits per heavy atom. The van der Waals surface area contributed by atoms with Crippen molar-refractivity contribution in [1.82, 2.24) is 15.3 Å². The Balaban J connectivity index is 2.00. The minimum atomic E-state index is -1.11. The lowest BCUT2D eigenvalue weighted by Gasteiger charge is -2.05. The largest absolute Gasteiger partial charge is 0.477 e. The molecule has 0 saturated carbocycles. The molecular weight excluding hydrogens is 262 g/mol. The number of carboxylic acids is 1. The maximum absolute atomic E-state index is 11.8. The zero-order valence-electron chi connectivity index (χ0n) is 10.3. The lowest BCUT2D eigenvalue weighted by Crippen LogP contribution is -2.24. The molecule has 1 amide bonds. The number of aromatic carboxylic acids is 1. The highest BCUT2D eigenvalue weighted by atomic mass is 16.4. The van der Waals surface area contributed by atoms with Crippen LogP contribution in [-0.2, 0) is 6.54 Å². The Morgan fingerprint density at radius 2 is 2.10 bits per heavy atom. The van der Waals surface area contributed by atoms with Gasteiger partial charge in [-0.05, 0) is 17.7 Å². The molecule has 2 heterocycles. The van der Waals surface area contributed by atoms with Gasteiger partial charge in [-0.15, -0.1) is 0 Å². The number of pyridine rings is 2.